The second-order valence-corrected chi connectivity index (χ2v) is 5.70. The molecule has 4 nitrogen and oxygen atoms in total. The van der Waals surface area contributed by atoms with Crippen molar-refractivity contribution in [2.45, 2.75) is 39.3 Å². The topological polar surface area (TPSA) is 57.8 Å². The summed E-state index contributed by atoms with van der Waals surface area (Å²) >= 11 is 0. The number of nitrogens with one attached hydrogen (secondary N) is 2. The normalized spacial score (nSPS) is 11.5. The third kappa shape index (κ3) is 4.59. The van der Waals surface area contributed by atoms with Gasteiger partial charge in [0.25, 0.3) is 0 Å². The largest absolute Gasteiger partial charge is 0.416 e. The quantitative estimate of drug-likeness (QED) is 0.793. The summed E-state index contributed by atoms with van der Waals surface area (Å²) < 4.78 is 38.7. The molecule has 0 bridgehead atoms. The fraction of sp³-hybridized carbons (Fsp3) is 0.412. The van der Waals surface area contributed by atoms with Gasteiger partial charge in [-0.25, -0.2) is 0 Å². The van der Waals surface area contributed by atoms with Crippen LogP contribution in [0.1, 0.15) is 34.5 Å². The van der Waals surface area contributed by atoms with E-state index >= 15 is 0 Å². The number of H-pyrrole nitrogens is 1. The van der Waals surface area contributed by atoms with E-state index in [0.717, 1.165) is 29.4 Å². The average molecular weight is 339 g/mol. The summed E-state index contributed by atoms with van der Waals surface area (Å²) in [5, 5.41) is 9.67. The van der Waals surface area contributed by atoms with Gasteiger partial charge in [-0.2, -0.15) is 18.3 Å². The van der Waals surface area contributed by atoms with Crippen LogP contribution in [-0.4, -0.2) is 22.6 Å². The lowest BCUT2D eigenvalue weighted by molar-refractivity contribution is -0.138. The third-order valence-electron chi connectivity index (χ3n) is 3.88. The van der Waals surface area contributed by atoms with Crippen molar-refractivity contribution in [1.82, 2.24) is 15.5 Å². The Kier molecular flexibility index (Phi) is 5.64. The minimum absolute atomic E-state index is 0.0102. The highest BCUT2D eigenvalue weighted by Crippen LogP contribution is 2.31. The lowest BCUT2D eigenvalue weighted by Crippen LogP contribution is -2.27. The molecule has 2 aromatic rings. The number of hydrogen-bond acceptors (Lipinski definition) is 2. The first-order valence-corrected chi connectivity index (χ1v) is 7.71. The number of hydrogen-bond donors (Lipinski definition) is 2. The van der Waals surface area contributed by atoms with Crippen molar-refractivity contribution in [3.05, 3.63) is 52.3 Å². The maximum Gasteiger partial charge on any atom is 0.416 e. The number of benzene rings is 1. The standard InChI is InChI=1S/C17H20F3N3O/c1-11-14(12(2)23-22-11)7-5-9-21-16(24)10-13-6-3-4-8-15(13)17(18,19)20/h3-4,6,8H,5,7,9-10H2,1-2H3,(H,21,24)(H,22,23). The van der Waals surface area contributed by atoms with Crippen LogP contribution < -0.4 is 5.32 Å². The number of rotatable bonds is 6. The molecule has 0 saturated heterocycles. The molecule has 0 spiro atoms. The number of aromatic amines is 1. The second kappa shape index (κ2) is 7.51. The van der Waals surface area contributed by atoms with Gasteiger partial charge in [-0.15, -0.1) is 0 Å². The lowest BCUT2D eigenvalue weighted by atomic mass is 10.0. The number of amides is 1. The van der Waals surface area contributed by atoms with Crippen molar-refractivity contribution in [3.63, 3.8) is 0 Å². The van der Waals surface area contributed by atoms with Crippen molar-refractivity contribution >= 4 is 5.91 Å². The molecule has 24 heavy (non-hydrogen) atoms. The lowest BCUT2D eigenvalue weighted by Gasteiger charge is -2.12. The van der Waals surface area contributed by atoms with Crippen molar-refractivity contribution in [2.24, 2.45) is 0 Å². The number of aryl methyl sites for hydroxylation is 2. The fourth-order valence-corrected chi connectivity index (χ4v) is 2.62. The van der Waals surface area contributed by atoms with Crippen molar-refractivity contribution in [1.29, 1.82) is 0 Å². The van der Waals surface area contributed by atoms with Gasteiger partial charge in [-0.3, -0.25) is 9.89 Å². The van der Waals surface area contributed by atoms with Crippen molar-refractivity contribution in [3.8, 4) is 0 Å². The number of carbonyl (C=O) groups is 1. The maximum absolute atomic E-state index is 12.9. The minimum atomic E-state index is -4.45. The van der Waals surface area contributed by atoms with Gasteiger partial charge in [0.05, 0.1) is 17.7 Å². The number of aromatic nitrogens is 2. The molecular weight excluding hydrogens is 319 g/mol. The Hall–Kier alpha value is -2.31. The summed E-state index contributed by atoms with van der Waals surface area (Å²) in [6, 6.07) is 5.15. The highest BCUT2D eigenvalue weighted by molar-refractivity contribution is 5.78. The maximum atomic E-state index is 12.9. The molecule has 130 valence electrons. The van der Waals surface area contributed by atoms with E-state index < -0.39 is 17.6 Å². The van der Waals surface area contributed by atoms with Gasteiger partial charge in [-0.05, 0) is 43.9 Å². The van der Waals surface area contributed by atoms with Gasteiger partial charge in [0.2, 0.25) is 5.91 Å². The zero-order valence-corrected chi connectivity index (χ0v) is 13.6. The molecule has 0 fully saturated rings. The Labute approximate surface area is 138 Å². The van der Waals surface area contributed by atoms with Crippen LogP contribution in [0.3, 0.4) is 0 Å². The minimum Gasteiger partial charge on any atom is -0.356 e. The summed E-state index contributed by atoms with van der Waals surface area (Å²) in [5.41, 5.74) is 2.27. The summed E-state index contributed by atoms with van der Waals surface area (Å²) in [7, 11) is 0. The molecule has 2 rings (SSSR count). The van der Waals surface area contributed by atoms with E-state index in [-0.39, 0.29) is 12.0 Å². The highest BCUT2D eigenvalue weighted by Gasteiger charge is 2.33. The number of nitrogens with zero attached hydrogens (tertiary/aromatic N) is 1. The van der Waals surface area contributed by atoms with E-state index in [1.54, 1.807) is 0 Å². The predicted octanol–water partition coefficient (Wildman–Crippen LogP) is 3.34. The van der Waals surface area contributed by atoms with Crippen LogP contribution in [0.25, 0.3) is 0 Å². The summed E-state index contributed by atoms with van der Waals surface area (Å²) in [4.78, 5) is 11.9. The SMILES string of the molecule is Cc1n[nH]c(C)c1CCCNC(=O)Cc1ccccc1C(F)(F)F. The van der Waals surface area contributed by atoms with Crippen LogP contribution in [-0.2, 0) is 23.8 Å². The van der Waals surface area contributed by atoms with Gasteiger partial charge < -0.3 is 5.32 Å². The fourth-order valence-electron chi connectivity index (χ4n) is 2.62. The van der Waals surface area contributed by atoms with E-state index in [4.69, 9.17) is 0 Å². The molecule has 1 aromatic heterocycles. The molecule has 0 aliphatic rings. The molecule has 2 N–H and O–H groups in total. The molecule has 1 aromatic carbocycles. The van der Waals surface area contributed by atoms with E-state index in [2.05, 4.69) is 15.5 Å². The molecule has 0 atom stereocenters. The molecule has 0 unspecified atom stereocenters. The first-order valence-electron chi connectivity index (χ1n) is 7.71. The predicted molar refractivity (Wildman–Crippen MR) is 84.5 cm³/mol. The van der Waals surface area contributed by atoms with Crippen LogP contribution in [0.15, 0.2) is 24.3 Å². The molecule has 0 aliphatic carbocycles. The monoisotopic (exact) mass is 339 g/mol. The van der Waals surface area contributed by atoms with Gasteiger partial charge in [0.15, 0.2) is 0 Å². The van der Waals surface area contributed by atoms with Gasteiger partial charge in [0.1, 0.15) is 0 Å². The Balaban J connectivity index is 1.84. The van der Waals surface area contributed by atoms with Gasteiger partial charge in [0, 0.05) is 12.2 Å². The summed E-state index contributed by atoms with van der Waals surface area (Å²) in [6.45, 7) is 4.25. The molecule has 7 heteroatoms. The number of alkyl halides is 3. The Morgan fingerprint density at radius 1 is 1.25 bits per heavy atom. The van der Waals surface area contributed by atoms with Crippen molar-refractivity contribution < 1.29 is 18.0 Å². The third-order valence-corrected chi connectivity index (χ3v) is 3.88. The molecule has 1 heterocycles. The zero-order chi connectivity index (χ0) is 17.7. The zero-order valence-electron chi connectivity index (χ0n) is 13.6. The second-order valence-electron chi connectivity index (χ2n) is 5.70. The summed E-state index contributed by atoms with van der Waals surface area (Å²) in [5.74, 6) is -0.410. The Morgan fingerprint density at radius 3 is 2.58 bits per heavy atom. The van der Waals surface area contributed by atoms with Gasteiger partial charge >= 0.3 is 6.18 Å². The van der Waals surface area contributed by atoms with Crippen LogP contribution in [0.4, 0.5) is 13.2 Å². The van der Waals surface area contributed by atoms with Crippen molar-refractivity contribution in [2.75, 3.05) is 6.54 Å². The summed E-state index contributed by atoms with van der Waals surface area (Å²) in [6.07, 6.45) is -3.27. The van der Waals surface area contributed by atoms with E-state index in [1.165, 1.54) is 18.2 Å². The number of halogens is 3. The first kappa shape index (κ1) is 18.0. The van der Waals surface area contributed by atoms with Crippen LogP contribution in [0, 0.1) is 13.8 Å². The van der Waals surface area contributed by atoms with E-state index in [1.807, 2.05) is 13.8 Å². The Bertz CT molecular complexity index is 688. The van der Waals surface area contributed by atoms with Crippen LogP contribution >= 0.6 is 0 Å². The smallest absolute Gasteiger partial charge is 0.356 e. The van der Waals surface area contributed by atoms with E-state index in [0.29, 0.717) is 13.0 Å². The molecule has 0 saturated carbocycles. The molecule has 1 amide bonds. The molecule has 0 radical (unpaired) electrons. The highest BCUT2D eigenvalue weighted by atomic mass is 19.4. The molecule has 0 aliphatic heterocycles. The van der Waals surface area contributed by atoms with E-state index in [9.17, 15) is 18.0 Å². The Morgan fingerprint density at radius 2 is 1.96 bits per heavy atom. The average Bonchev–Trinajstić information content (AvgIpc) is 2.82. The number of carbonyl (C=O) groups excluding carboxylic acids is 1. The first-order chi connectivity index (χ1) is 11.3. The van der Waals surface area contributed by atoms with Crippen LogP contribution in [0.5, 0.6) is 0 Å². The molecular formula is C17H20F3N3O. The van der Waals surface area contributed by atoms with Gasteiger partial charge in [-0.1, -0.05) is 18.2 Å². The van der Waals surface area contributed by atoms with Crippen LogP contribution in [0.2, 0.25) is 0 Å².